The lowest BCUT2D eigenvalue weighted by Crippen LogP contribution is -2.52. The Kier molecular flexibility index (Phi) is 4.70. The number of amides is 1. The molecule has 2 N–H and O–H groups in total. The van der Waals surface area contributed by atoms with Gasteiger partial charge in [-0.15, -0.1) is 0 Å². The molecule has 0 saturated carbocycles. The number of carbonyl (C=O) groups excluding carboxylic acids is 1. The van der Waals surface area contributed by atoms with Crippen LogP contribution < -0.4 is 5.32 Å². The van der Waals surface area contributed by atoms with E-state index in [9.17, 15) is 9.90 Å². The van der Waals surface area contributed by atoms with Crippen molar-refractivity contribution in [2.75, 3.05) is 32.7 Å². The number of nitrogens with one attached hydrogen (secondary N) is 1. The first-order chi connectivity index (χ1) is 12.2. The van der Waals surface area contributed by atoms with E-state index in [1.165, 1.54) is 16.3 Å². The Morgan fingerprint density at radius 3 is 2.60 bits per heavy atom. The minimum atomic E-state index is -0.387. The normalized spacial score (nSPS) is 24.8. The molecule has 25 heavy (non-hydrogen) atoms. The van der Waals surface area contributed by atoms with Crippen LogP contribution in [0.25, 0.3) is 10.8 Å². The number of nitrogens with zero attached hydrogens (tertiary/aromatic N) is 2. The topological polar surface area (TPSA) is 55.8 Å². The van der Waals surface area contributed by atoms with Gasteiger partial charge in [-0.1, -0.05) is 42.5 Å². The van der Waals surface area contributed by atoms with Crippen molar-refractivity contribution in [3.05, 3.63) is 48.0 Å². The average Bonchev–Trinajstić information content (AvgIpc) is 3.08. The predicted molar refractivity (Wildman–Crippen MR) is 98.2 cm³/mol. The van der Waals surface area contributed by atoms with Crippen LogP contribution in [0.4, 0.5) is 0 Å². The maximum absolute atomic E-state index is 12.5. The number of aliphatic hydroxyl groups excluding tert-OH is 1. The van der Waals surface area contributed by atoms with Crippen LogP contribution >= 0.6 is 0 Å². The summed E-state index contributed by atoms with van der Waals surface area (Å²) in [6.07, 6.45) is 0.149. The number of hydrogen-bond acceptors (Lipinski definition) is 4. The van der Waals surface area contributed by atoms with Gasteiger partial charge < -0.3 is 15.3 Å². The van der Waals surface area contributed by atoms with Crippen molar-refractivity contribution >= 4 is 16.7 Å². The molecule has 2 fully saturated rings. The number of aliphatic hydroxyl groups is 1. The SMILES string of the molecule is O=C(C1CC(O)CN1)N1CCN(Cc2cccc3ccccc23)CC1. The highest BCUT2D eigenvalue weighted by molar-refractivity contribution is 5.85. The molecule has 2 aromatic rings. The quantitative estimate of drug-likeness (QED) is 0.883. The van der Waals surface area contributed by atoms with E-state index in [1.807, 2.05) is 4.90 Å². The summed E-state index contributed by atoms with van der Waals surface area (Å²) in [6, 6.07) is 14.8. The van der Waals surface area contributed by atoms with Crippen LogP contribution in [0.15, 0.2) is 42.5 Å². The van der Waals surface area contributed by atoms with Gasteiger partial charge in [0.2, 0.25) is 5.91 Å². The van der Waals surface area contributed by atoms with Gasteiger partial charge >= 0.3 is 0 Å². The summed E-state index contributed by atoms with van der Waals surface area (Å²) in [6.45, 7) is 4.76. The van der Waals surface area contributed by atoms with Crippen molar-refractivity contribution < 1.29 is 9.90 Å². The average molecular weight is 339 g/mol. The molecule has 0 aromatic heterocycles. The fourth-order valence-corrected chi connectivity index (χ4v) is 3.92. The maximum atomic E-state index is 12.5. The zero-order valence-electron chi connectivity index (χ0n) is 14.4. The van der Waals surface area contributed by atoms with E-state index < -0.39 is 0 Å². The molecule has 0 aliphatic carbocycles. The first-order valence-corrected chi connectivity index (χ1v) is 9.10. The Bertz CT molecular complexity index is 750. The zero-order chi connectivity index (χ0) is 17.2. The van der Waals surface area contributed by atoms with Crippen molar-refractivity contribution in [1.29, 1.82) is 0 Å². The van der Waals surface area contributed by atoms with E-state index in [1.54, 1.807) is 0 Å². The van der Waals surface area contributed by atoms with Gasteiger partial charge in [0.15, 0.2) is 0 Å². The molecule has 0 bridgehead atoms. The lowest BCUT2D eigenvalue weighted by atomic mass is 10.0. The number of piperazine rings is 1. The van der Waals surface area contributed by atoms with E-state index in [2.05, 4.69) is 52.7 Å². The number of benzene rings is 2. The Labute approximate surface area is 148 Å². The number of fused-ring (bicyclic) bond motifs is 1. The monoisotopic (exact) mass is 339 g/mol. The molecule has 5 heteroatoms. The van der Waals surface area contributed by atoms with Crippen LogP contribution in [0.3, 0.4) is 0 Å². The molecule has 5 nitrogen and oxygen atoms in total. The highest BCUT2D eigenvalue weighted by Gasteiger charge is 2.32. The minimum Gasteiger partial charge on any atom is -0.392 e. The molecule has 2 saturated heterocycles. The highest BCUT2D eigenvalue weighted by Crippen LogP contribution is 2.21. The van der Waals surface area contributed by atoms with Crippen molar-refractivity contribution in [1.82, 2.24) is 15.1 Å². The van der Waals surface area contributed by atoms with Crippen molar-refractivity contribution in [2.24, 2.45) is 0 Å². The third kappa shape index (κ3) is 3.54. The molecule has 0 spiro atoms. The summed E-state index contributed by atoms with van der Waals surface area (Å²) in [7, 11) is 0. The smallest absolute Gasteiger partial charge is 0.239 e. The molecule has 2 atom stereocenters. The zero-order valence-corrected chi connectivity index (χ0v) is 14.4. The van der Waals surface area contributed by atoms with Crippen LogP contribution in [0.5, 0.6) is 0 Å². The van der Waals surface area contributed by atoms with Crippen molar-refractivity contribution in [3.8, 4) is 0 Å². The van der Waals surface area contributed by atoms with Crippen LogP contribution in [-0.4, -0.2) is 65.7 Å². The van der Waals surface area contributed by atoms with Gasteiger partial charge in [-0.05, 0) is 22.8 Å². The summed E-state index contributed by atoms with van der Waals surface area (Å²) < 4.78 is 0. The van der Waals surface area contributed by atoms with Crippen molar-refractivity contribution in [3.63, 3.8) is 0 Å². The molecular formula is C20H25N3O2. The van der Waals surface area contributed by atoms with Crippen LogP contribution in [-0.2, 0) is 11.3 Å². The van der Waals surface area contributed by atoms with E-state index in [0.717, 1.165) is 32.7 Å². The van der Waals surface area contributed by atoms with Gasteiger partial charge in [0.05, 0.1) is 12.1 Å². The predicted octanol–water partition coefficient (Wildman–Crippen LogP) is 1.21. The molecular weight excluding hydrogens is 314 g/mol. The van der Waals surface area contributed by atoms with Crippen molar-refractivity contribution in [2.45, 2.75) is 25.1 Å². The molecule has 2 heterocycles. The summed E-state index contributed by atoms with van der Waals surface area (Å²) in [4.78, 5) is 16.9. The van der Waals surface area contributed by atoms with Gasteiger partial charge in [0.1, 0.15) is 0 Å². The van der Waals surface area contributed by atoms with Gasteiger partial charge in [-0.3, -0.25) is 9.69 Å². The second kappa shape index (κ2) is 7.12. The Hall–Kier alpha value is -1.95. The first-order valence-electron chi connectivity index (χ1n) is 9.10. The maximum Gasteiger partial charge on any atom is 0.239 e. The van der Waals surface area contributed by atoms with E-state index >= 15 is 0 Å². The van der Waals surface area contributed by atoms with E-state index in [0.29, 0.717) is 13.0 Å². The first kappa shape index (κ1) is 16.5. The molecule has 2 unspecified atom stereocenters. The Morgan fingerprint density at radius 1 is 1.08 bits per heavy atom. The molecule has 2 aliphatic heterocycles. The van der Waals surface area contributed by atoms with Gasteiger partial charge in [-0.25, -0.2) is 0 Å². The fraction of sp³-hybridized carbons (Fsp3) is 0.450. The molecule has 2 aliphatic rings. The largest absolute Gasteiger partial charge is 0.392 e. The summed E-state index contributed by atoms with van der Waals surface area (Å²) in [5.41, 5.74) is 1.35. The summed E-state index contributed by atoms with van der Waals surface area (Å²) in [5, 5.41) is 15.3. The third-order valence-electron chi connectivity index (χ3n) is 5.36. The highest BCUT2D eigenvalue weighted by atomic mass is 16.3. The molecule has 132 valence electrons. The van der Waals surface area contributed by atoms with E-state index in [-0.39, 0.29) is 18.1 Å². The summed E-state index contributed by atoms with van der Waals surface area (Å²) in [5.74, 6) is 0.140. The van der Waals surface area contributed by atoms with Crippen LogP contribution in [0.1, 0.15) is 12.0 Å². The molecule has 1 amide bonds. The van der Waals surface area contributed by atoms with Gasteiger partial charge in [-0.2, -0.15) is 0 Å². The number of β-amino-alcohol motifs (C(OH)–C–C–N with tert-alkyl or cyclic N) is 1. The van der Waals surface area contributed by atoms with Crippen LogP contribution in [0, 0.1) is 0 Å². The second-order valence-electron chi connectivity index (χ2n) is 7.09. The summed E-state index contributed by atoms with van der Waals surface area (Å²) >= 11 is 0. The van der Waals surface area contributed by atoms with E-state index in [4.69, 9.17) is 0 Å². The number of hydrogen-bond donors (Lipinski definition) is 2. The fourth-order valence-electron chi connectivity index (χ4n) is 3.92. The lowest BCUT2D eigenvalue weighted by molar-refractivity contribution is -0.135. The van der Waals surface area contributed by atoms with Crippen LogP contribution in [0.2, 0.25) is 0 Å². The lowest BCUT2D eigenvalue weighted by Gasteiger charge is -2.36. The molecule has 4 rings (SSSR count). The third-order valence-corrected chi connectivity index (χ3v) is 5.36. The molecule has 0 radical (unpaired) electrons. The number of carbonyl (C=O) groups is 1. The molecule has 2 aromatic carbocycles. The Morgan fingerprint density at radius 2 is 1.84 bits per heavy atom. The second-order valence-corrected chi connectivity index (χ2v) is 7.09. The standard InChI is InChI=1S/C20H25N3O2/c24-17-12-19(21-13-17)20(25)23-10-8-22(9-11-23)14-16-6-3-5-15-4-1-2-7-18(15)16/h1-7,17,19,21,24H,8-14H2. The minimum absolute atomic E-state index is 0.140. The van der Waals surface area contributed by atoms with Gasteiger partial charge in [0, 0.05) is 39.3 Å². The number of rotatable bonds is 3. The van der Waals surface area contributed by atoms with Gasteiger partial charge in [0.25, 0.3) is 0 Å². The Balaban J connectivity index is 1.36.